The lowest BCUT2D eigenvalue weighted by atomic mass is 10.0. The number of rotatable bonds is 2. The highest BCUT2D eigenvalue weighted by molar-refractivity contribution is 6.29. The Morgan fingerprint density at radius 3 is 2.15 bits per heavy atom. The molecule has 0 radical (unpaired) electrons. The average molecular weight is 447 g/mol. The maximum Gasteiger partial charge on any atom is 0.161 e. The van der Waals surface area contributed by atoms with Crippen molar-refractivity contribution in [3.63, 3.8) is 0 Å². The smallest absolute Gasteiger partial charge is 0.161 e. The van der Waals surface area contributed by atoms with Crippen LogP contribution in [-0.4, -0.2) is 9.97 Å². The molecule has 0 fully saturated rings. The van der Waals surface area contributed by atoms with Crippen LogP contribution in [0.25, 0.3) is 66.5 Å². The molecule has 7 rings (SSSR count). The van der Waals surface area contributed by atoms with Gasteiger partial charge in [-0.25, -0.2) is 9.97 Å². The minimum absolute atomic E-state index is 0.379. The highest BCUT2D eigenvalue weighted by atomic mass is 35.5. The van der Waals surface area contributed by atoms with Crippen LogP contribution in [0.2, 0.25) is 5.15 Å². The lowest BCUT2D eigenvalue weighted by molar-refractivity contribution is 0.668. The van der Waals surface area contributed by atoms with Gasteiger partial charge in [-0.3, -0.25) is 0 Å². The predicted molar refractivity (Wildman–Crippen MR) is 132 cm³/mol. The highest BCUT2D eigenvalue weighted by Gasteiger charge is 2.16. The predicted octanol–water partition coefficient (Wildman–Crippen LogP) is 8.26. The molecule has 0 atom stereocenters. The second-order valence-electron chi connectivity index (χ2n) is 7.99. The van der Waals surface area contributed by atoms with E-state index in [-0.39, 0.29) is 0 Å². The Labute approximate surface area is 193 Å². The fourth-order valence-electron chi connectivity index (χ4n) is 4.54. The van der Waals surface area contributed by atoms with Gasteiger partial charge in [0, 0.05) is 38.7 Å². The van der Waals surface area contributed by atoms with Gasteiger partial charge in [0.05, 0.1) is 5.69 Å². The summed E-state index contributed by atoms with van der Waals surface area (Å²) in [7, 11) is 0. The molecule has 4 aromatic carbocycles. The van der Waals surface area contributed by atoms with Gasteiger partial charge in [-0.1, -0.05) is 66.2 Å². The zero-order chi connectivity index (χ0) is 21.9. The Morgan fingerprint density at radius 2 is 1.27 bits per heavy atom. The zero-order valence-electron chi connectivity index (χ0n) is 17.2. The summed E-state index contributed by atoms with van der Waals surface area (Å²) < 4.78 is 12.1. The maximum atomic E-state index is 6.48. The van der Waals surface area contributed by atoms with Crippen LogP contribution in [0.4, 0.5) is 0 Å². The van der Waals surface area contributed by atoms with Crippen molar-refractivity contribution < 1.29 is 8.83 Å². The van der Waals surface area contributed by atoms with Gasteiger partial charge >= 0.3 is 0 Å². The van der Waals surface area contributed by atoms with Crippen molar-refractivity contribution in [2.75, 3.05) is 0 Å². The molecule has 0 N–H and O–H groups in total. The van der Waals surface area contributed by atoms with Crippen molar-refractivity contribution in [1.29, 1.82) is 0 Å². The van der Waals surface area contributed by atoms with Crippen molar-refractivity contribution in [2.45, 2.75) is 0 Å². The standard InChI is InChI=1S/C28H15ClN2O2/c29-26-15-21(19-8-5-11-24-27(19)20-7-2-4-10-23(20)32-24)30-28(31-26)16-12-13-18-17-6-1-3-9-22(17)33-25(18)14-16/h1-15H. The molecule has 156 valence electrons. The molecule has 0 aliphatic rings. The molecule has 33 heavy (non-hydrogen) atoms. The number of hydrogen-bond acceptors (Lipinski definition) is 4. The fraction of sp³-hybridized carbons (Fsp3) is 0. The van der Waals surface area contributed by atoms with Gasteiger partial charge in [0.25, 0.3) is 0 Å². The first kappa shape index (κ1) is 18.4. The van der Waals surface area contributed by atoms with E-state index in [4.69, 9.17) is 25.4 Å². The second-order valence-corrected chi connectivity index (χ2v) is 8.37. The summed E-state index contributed by atoms with van der Waals surface area (Å²) in [6, 6.07) is 29.8. The van der Waals surface area contributed by atoms with Crippen LogP contribution < -0.4 is 0 Å². The minimum Gasteiger partial charge on any atom is -0.456 e. The number of hydrogen-bond donors (Lipinski definition) is 0. The number of fused-ring (bicyclic) bond motifs is 6. The monoisotopic (exact) mass is 446 g/mol. The molecule has 0 unspecified atom stereocenters. The third-order valence-corrected chi connectivity index (χ3v) is 6.20. The van der Waals surface area contributed by atoms with Crippen LogP contribution in [0.15, 0.2) is 99.8 Å². The first-order chi connectivity index (χ1) is 16.2. The zero-order valence-corrected chi connectivity index (χ0v) is 18.0. The first-order valence-electron chi connectivity index (χ1n) is 10.6. The van der Waals surface area contributed by atoms with E-state index in [1.165, 1.54) is 0 Å². The number of furan rings is 2. The molecule has 5 heteroatoms. The molecule has 0 saturated heterocycles. The van der Waals surface area contributed by atoms with Crippen LogP contribution >= 0.6 is 11.6 Å². The molecule has 7 aromatic rings. The summed E-state index contributed by atoms with van der Waals surface area (Å²) in [5, 5.41) is 4.59. The number of aromatic nitrogens is 2. The summed E-state index contributed by atoms with van der Waals surface area (Å²) in [5.74, 6) is 0.546. The molecule has 0 saturated carbocycles. The van der Waals surface area contributed by atoms with Crippen molar-refractivity contribution in [2.24, 2.45) is 0 Å². The molecule has 0 spiro atoms. The summed E-state index contributed by atoms with van der Waals surface area (Å²) in [6.07, 6.45) is 0. The molecule has 0 bridgehead atoms. The first-order valence-corrected chi connectivity index (χ1v) is 11.0. The summed E-state index contributed by atoms with van der Waals surface area (Å²) in [4.78, 5) is 9.40. The van der Waals surface area contributed by atoms with E-state index in [9.17, 15) is 0 Å². The number of para-hydroxylation sites is 2. The van der Waals surface area contributed by atoms with Crippen LogP contribution in [0.3, 0.4) is 0 Å². The van der Waals surface area contributed by atoms with E-state index in [1.807, 2.05) is 72.8 Å². The molecule has 4 nitrogen and oxygen atoms in total. The van der Waals surface area contributed by atoms with Gasteiger partial charge in [-0.05, 0) is 30.3 Å². The Morgan fingerprint density at radius 1 is 0.576 bits per heavy atom. The Balaban J connectivity index is 1.44. The van der Waals surface area contributed by atoms with Crippen LogP contribution in [0.5, 0.6) is 0 Å². The third-order valence-electron chi connectivity index (χ3n) is 6.01. The van der Waals surface area contributed by atoms with E-state index in [0.717, 1.165) is 60.7 Å². The minimum atomic E-state index is 0.379. The highest BCUT2D eigenvalue weighted by Crippen LogP contribution is 2.37. The number of benzene rings is 4. The quantitative estimate of drug-likeness (QED) is 0.251. The van der Waals surface area contributed by atoms with Gasteiger partial charge in [0.1, 0.15) is 27.5 Å². The van der Waals surface area contributed by atoms with Crippen molar-refractivity contribution >= 4 is 55.5 Å². The van der Waals surface area contributed by atoms with Gasteiger partial charge in [-0.2, -0.15) is 0 Å². The van der Waals surface area contributed by atoms with E-state index >= 15 is 0 Å². The Bertz CT molecular complexity index is 1850. The van der Waals surface area contributed by atoms with Gasteiger partial charge in [-0.15, -0.1) is 0 Å². The number of nitrogens with zero attached hydrogens (tertiary/aromatic N) is 2. The van der Waals surface area contributed by atoms with E-state index in [0.29, 0.717) is 11.0 Å². The van der Waals surface area contributed by atoms with Gasteiger partial charge in [0.15, 0.2) is 5.82 Å². The summed E-state index contributed by atoms with van der Waals surface area (Å²) >= 11 is 6.48. The normalized spacial score (nSPS) is 11.8. The van der Waals surface area contributed by atoms with Gasteiger partial charge < -0.3 is 8.83 Å². The second kappa shape index (κ2) is 6.92. The summed E-state index contributed by atoms with van der Waals surface area (Å²) in [6.45, 7) is 0. The molecular formula is C28H15ClN2O2. The maximum absolute atomic E-state index is 6.48. The van der Waals surface area contributed by atoms with Crippen molar-refractivity contribution in [3.05, 3.63) is 96.1 Å². The fourth-order valence-corrected chi connectivity index (χ4v) is 4.72. The molecule has 3 aromatic heterocycles. The van der Waals surface area contributed by atoms with Crippen molar-refractivity contribution in [1.82, 2.24) is 9.97 Å². The molecule has 0 aliphatic heterocycles. The van der Waals surface area contributed by atoms with E-state index in [1.54, 1.807) is 6.07 Å². The largest absolute Gasteiger partial charge is 0.456 e. The van der Waals surface area contributed by atoms with E-state index in [2.05, 4.69) is 17.1 Å². The van der Waals surface area contributed by atoms with Crippen LogP contribution in [-0.2, 0) is 0 Å². The average Bonchev–Trinajstić information content (AvgIpc) is 3.41. The van der Waals surface area contributed by atoms with Crippen LogP contribution in [0, 0.1) is 0 Å². The topological polar surface area (TPSA) is 52.1 Å². The molecular weight excluding hydrogens is 432 g/mol. The SMILES string of the molecule is Clc1cc(-c2cccc3oc4ccccc4c23)nc(-c2ccc3c(c2)oc2ccccc23)n1. The van der Waals surface area contributed by atoms with E-state index < -0.39 is 0 Å². The lowest BCUT2D eigenvalue weighted by Gasteiger charge is -2.07. The molecule has 0 amide bonds. The number of halogens is 1. The summed E-state index contributed by atoms with van der Waals surface area (Å²) in [5.41, 5.74) is 5.84. The van der Waals surface area contributed by atoms with Crippen molar-refractivity contribution in [3.8, 4) is 22.6 Å². The lowest BCUT2D eigenvalue weighted by Crippen LogP contribution is -1.93. The third kappa shape index (κ3) is 2.85. The Kier molecular flexibility index (Phi) is 3.87. The van der Waals surface area contributed by atoms with Gasteiger partial charge in [0.2, 0.25) is 0 Å². The van der Waals surface area contributed by atoms with Crippen LogP contribution in [0.1, 0.15) is 0 Å². The Hall–Kier alpha value is -4.15. The molecule has 0 aliphatic carbocycles. The molecule has 3 heterocycles.